The number of carboxylic acid groups (broad SMARTS) is 1. The number of aliphatic carboxylic acids is 1. The van der Waals surface area contributed by atoms with Crippen molar-refractivity contribution >= 4 is 46.3 Å². The van der Waals surface area contributed by atoms with Crippen LogP contribution in [-0.4, -0.2) is 46.0 Å². The highest BCUT2D eigenvalue weighted by atomic mass is 32.2. The maximum absolute atomic E-state index is 12.4. The molecule has 1 amide bonds. The van der Waals surface area contributed by atoms with Gasteiger partial charge in [0.1, 0.15) is 10.9 Å². The minimum Gasteiger partial charge on any atom is -0.493 e. The Kier molecular flexibility index (Phi) is 9.65. The normalized spacial score (nSPS) is 16.2. The van der Waals surface area contributed by atoms with Crippen LogP contribution in [0.15, 0.2) is 23.1 Å². The van der Waals surface area contributed by atoms with Gasteiger partial charge >= 0.3 is 5.97 Å². The van der Waals surface area contributed by atoms with Crippen LogP contribution in [0.4, 0.5) is 0 Å². The molecule has 1 heterocycles. The molecule has 1 fully saturated rings. The van der Waals surface area contributed by atoms with E-state index >= 15 is 0 Å². The number of nitrogens with zero attached hydrogens (tertiary/aromatic N) is 1. The molecule has 0 aliphatic carbocycles. The Balaban J connectivity index is 2.03. The molecular formula is C22H29NO5S2. The highest BCUT2D eigenvalue weighted by Gasteiger charge is 2.33. The highest BCUT2D eigenvalue weighted by Crippen LogP contribution is 2.35. The first-order chi connectivity index (χ1) is 14.3. The number of unbranched alkanes of at least 4 members (excludes halogenated alkanes) is 4. The van der Waals surface area contributed by atoms with Crippen molar-refractivity contribution in [2.45, 2.75) is 58.5 Å². The molecule has 6 nitrogen and oxygen atoms in total. The van der Waals surface area contributed by atoms with Gasteiger partial charge in [0.2, 0.25) is 0 Å². The summed E-state index contributed by atoms with van der Waals surface area (Å²) >= 11 is 6.22. The fraction of sp³-hybridized carbons (Fsp3) is 0.500. The van der Waals surface area contributed by atoms with Crippen molar-refractivity contribution in [2.75, 3.05) is 13.7 Å². The molecule has 0 aromatic heterocycles. The van der Waals surface area contributed by atoms with Gasteiger partial charge in [-0.05, 0) is 43.5 Å². The number of thioether (sulfide) groups is 1. The summed E-state index contributed by atoms with van der Waals surface area (Å²) in [4.78, 5) is 24.8. The van der Waals surface area contributed by atoms with E-state index in [0.29, 0.717) is 16.4 Å². The van der Waals surface area contributed by atoms with Gasteiger partial charge in [0.25, 0.3) is 5.91 Å². The number of hydrogen-bond acceptors (Lipinski definition) is 6. The first kappa shape index (κ1) is 24.2. The fourth-order valence-electron chi connectivity index (χ4n) is 3.11. The van der Waals surface area contributed by atoms with E-state index in [9.17, 15) is 9.59 Å². The van der Waals surface area contributed by atoms with Crippen molar-refractivity contribution in [1.29, 1.82) is 0 Å². The minimum atomic E-state index is -1.10. The smallest absolute Gasteiger partial charge is 0.323 e. The summed E-state index contributed by atoms with van der Waals surface area (Å²) in [7, 11) is 1.58. The molecule has 1 atom stereocenters. The predicted molar refractivity (Wildman–Crippen MR) is 124 cm³/mol. The van der Waals surface area contributed by atoms with Crippen molar-refractivity contribution < 1.29 is 24.2 Å². The van der Waals surface area contributed by atoms with E-state index in [1.807, 2.05) is 12.1 Å². The number of rotatable bonds is 12. The maximum Gasteiger partial charge on any atom is 0.323 e. The summed E-state index contributed by atoms with van der Waals surface area (Å²) in [5, 5.41) is 8.94. The molecule has 1 aliphatic heterocycles. The number of carbonyl (C=O) groups excluding carboxylic acids is 1. The van der Waals surface area contributed by atoms with Gasteiger partial charge in [-0.15, -0.1) is 0 Å². The molecule has 0 spiro atoms. The van der Waals surface area contributed by atoms with Crippen molar-refractivity contribution in [3.63, 3.8) is 0 Å². The summed E-state index contributed by atoms with van der Waals surface area (Å²) in [6.45, 7) is 3.83. The predicted octanol–water partition coefficient (Wildman–Crippen LogP) is 5.11. The van der Waals surface area contributed by atoms with Crippen LogP contribution in [0.25, 0.3) is 6.08 Å². The Labute approximate surface area is 187 Å². The van der Waals surface area contributed by atoms with Crippen LogP contribution in [0.2, 0.25) is 0 Å². The van der Waals surface area contributed by atoms with Crippen molar-refractivity contribution in [2.24, 2.45) is 0 Å². The number of benzene rings is 1. The minimum absolute atomic E-state index is 0.0821. The zero-order chi connectivity index (χ0) is 22.1. The van der Waals surface area contributed by atoms with Crippen molar-refractivity contribution in [3.8, 4) is 11.5 Å². The molecule has 1 aromatic rings. The number of hydrogen-bond donors (Lipinski definition) is 1. The maximum atomic E-state index is 12.4. The largest absolute Gasteiger partial charge is 0.493 e. The molecule has 30 heavy (non-hydrogen) atoms. The second kappa shape index (κ2) is 12.0. The van der Waals surface area contributed by atoms with Crippen LogP contribution in [0.5, 0.6) is 11.5 Å². The standard InChI is InChI=1S/C22H29NO5S2/c1-4-5-6-7-8-9-15(2)28-17-11-10-16(12-18(17)27-3)13-19-21(26)23(14-20(24)25)22(29)30-19/h10-13,15H,4-9,14H2,1-3H3,(H,24,25)/b19-13+/t15-/m0/s1. The third-order valence-corrected chi connectivity index (χ3v) is 6.07. The molecule has 1 aliphatic rings. The molecule has 0 bridgehead atoms. The number of ether oxygens (including phenoxy) is 2. The van der Waals surface area contributed by atoms with Crippen molar-refractivity contribution in [3.05, 3.63) is 28.7 Å². The van der Waals surface area contributed by atoms with Gasteiger partial charge in [0.15, 0.2) is 11.5 Å². The number of carboxylic acids is 1. The van der Waals surface area contributed by atoms with Gasteiger partial charge in [-0.3, -0.25) is 14.5 Å². The molecule has 2 rings (SSSR count). The Morgan fingerprint density at radius 2 is 2.00 bits per heavy atom. The van der Waals surface area contributed by atoms with Gasteiger partial charge < -0.3 is 14.6 Å². The fourth-order valence-corrected chi connectivity index (χ4v) is 4.36. The monoisotopic (exact) mass is 451 g/mol. The lowest BCUT2D eigenvalue weighted by molar-refractivity contribution is -0.140. The van der Waals surface area contributed by atoms with E-state index < -0.39 is 18.4 Å². The first-order valence-corrected chi connectivity index (χ1v) is 11.4. The topological polar surface area (TPSA) is 76.1 Å². The molecule has 0 radical (unpaired) electrons. The average molecular weight is 452 g/mol. The van der Waals surface area contributed by atoms with Gasteiger partial charge in [0.05, 0.1) is 18.1 Å². The molecule has 8 heteroatoms. The van der Waals surface area contributed by atoms with Gasteiger partial charge in [-0.2, -0.15) is 0 Å². The number of amides is 1. The van der Waals surface area contributed by atoms with E-state index in [0.717, 1.165) is 35.1 Å². The quantitative estimate of drug-likeness (QED) is 0.269. The van der Waals surface area contributed by atoms with Crippen LogP contribution in [-0.2, 0) is 9.59 Å². The molecular weight excluding hydrogens is 422 g/mol. The lowest BCUT2D eigenvalue weighted by Gasteiger charge is -2.17. The number of thiocarbonyl (C=S) groups is 1. The van der Waals surface area contributed by atoms with Crippen LogP contribution >= 0.6 is 24.0 Å². The summed E-state index contributed by atoms with van der Waals surface area (Å²) in [6.07, 6.45) is 8.89. The van der Waals surface area contributed by atoms with E-state index in [1.165, 1.54) is 25.7 Å². The third-order valence-electron chi connectivity index (χ3n) is 4.69. The lowest BCUT2D eigenvalue weighted by Crippen LogP contribution is -2.33. The molecule has 164 valence electrons. The summed E-state index contributed by atoms with van der Waals surface area (Å²) in [6, 6.07) is 5.47. The second-order valence-electron chi connectivity index (χ2n) is 7.20. The zero-order valence-electron chi connectivity index (χ0n) is 17.7. The summed E-state index contributed by atoms with van der Waals surface area (Å²) in [5.74, 6) is -0.254. The van der Waals surface area contributed by atoms with E-state index in [-0.39, 0.29) is 10.4 Å². The Hall–Kier alpha value is -2.06. The third kappa shape index (κ3) is 7.02. The van der Waals surface area contributed by atoms with E-state index in [2.05, 4.69) is 13.8 Å². The lowest BCUT2D eigenvalue weighted by atomic mass is 10.1. The molecule has 1 aromatic carbocycles. The van der Waals surface area contributed by atoms with Gasteiger partial charge in [-0.25, -0.2) is 0 Å². The molecule has 1 saturated heterocycles. The zero-order valence-corrected chi connectivity index (χ0v) is 19.3. The van der Waals surface area contributed by atoms with Crippen LogP contribution in [0, 0.1) is 0 Å². The molecule has 1 N–H and O–H groups in total. The Morgan fingerprint density at radius 1 is 1.27 bits per heavy atom. The summed E-state index contributed by atoms with van der Waals surface area (Å²) < 4.78 is 11.8. The van der Waals surface area contributed by atoms with Gasteiger partial charge in [0, 0.05) is 0 Å². The van der Waals surface area contributed by atoms with Crippen molar-refractivity contribution in [1.82, 2.24) is 4.90 Å². The highest BCUT2D eigenvalue weighted by molar-refractivity contribution is 8.26. The van der Waals surface area contributed by atoms with Crippen LogP contribution in [0.1, 0.15) is 57.9 Å². The Bertz CT molecular complexity index is 809. The second-order valence-corrected chi connectivity index (χ2v) is 8.88. The van der Waals surface area contributed by atoms with Crippen LogP contribution < -0.4 is 9.47 Å². The van der Waals surface area contributed by atoms with E-state index in [4.69, 9.17) is 26.8 Å². The van der Waals surface area contributed by atoms with Crippen LogP contribution in [0.3, 0.4) is 0 Å². The number of methoxy groups -OCH3 is 1. The summed E-state index contributed by atoms with van der Waals surface area (Å²) in [5.41, 5.74) is 0.752. The average Bonchev–Trinajstić information content (AvgIpc) is 2.96. The molecule has 0 unspecified atom stereocenters. The Morgan fingerprint density at radius 3 is 2.67 bits per heavy atom. The van der Waals surface area contributed by atoms with Gasteiger partial charge in [-0.1, -0.05) is 62.7 Å². The number of carbonyl (C=O) groups is 2. The first-order valence-electron chi connectivity index (χ1n) is 10.2. The van der Waals surface area contributed by atoms with E-state index in [1.54, 1.807) is 19.3 Å². The molecule has 0 saturated carbocycles. The SMILES string of the molecule is CCCCCCC[C@H](C)Oc1ccc(/C=C2/SC(=S)N(CC(=O)O)C2=O)cc1OC.